The van der Waals surface area contributed by atoms with Crippen LogP contribution in [0.2, 0.25) is 0 Å². The third-order valence-electron chi connectivity index (χ3n) is 5.82. The molecule has 1 aromatic rings. The minimum atomic E-state index is -0.924. The highest BCUT2D eigenvalue weighted by Crippen LogP contribution is 2.32. The second kappa shape index (κ2) is 8.31. The number of esters is 1. The predicted molar refractivity (Wildman–Crippen MR) is 102 cm³/mol. The third kappa shape index (κ3) is 4.31. The molecule has 2 heterocycles. The van der Waals surface area contributed by atoms with Gasteiger partial charge in [0, 0.05) is 25.6 Å². The van der Waals surface area contributed by atoms with E-state index >= 15 is 0 Å². The lowest BCUT2D eigenvalue weighted by Gasteiger charge is -2.24. The number of rotatable bonds is 6. The van der Waals surface area contributed by atoms with Crippen LogP contribution in [0.3, 0.4) is 0 Å². The smallest absolute Gasteiger partial charge is 0.312 e. The van der Waals surface area contributed by atoms with Gasteiger partial charge in [-0.25, -0.2) is 0 Å². The number of benzene rings is 1. The van der Waals surface area contributed by atoms with Crippen molar-refractivity contribution in [3.05, 3.63) is 23.8 Å². The molecule has 3 aliphatic rings. The summed E-state index contributed by atoms with van der Waals surface area (Å²) in [5.74, 6) is -0.0161. The molecule has 156 valence electrons. The molecule has 4 rings (SSSR count). The minimum absolute atomic E-state index is 0.0127. The fraction of sp³-hybridized carbons (Fsp3) is 0.571. The molecule has 1 aliphatic carbocycles. The summed E-state index contributed by atoms with van der Waals surface area (Å²) in [6.07, 6.45) is 3.51. The van der Waals surface area contributed by atoms with Gasteiger partial charge in [0.1, 0.15) is 0 Å². The molecule has 0 unspecified atom stereocenters. The number of ether oxygens (including phenoxy) is 3. The molecule has 29 heavy (non-hydrogen) atoms. The molecule has 2 atom stereocenters. The predicted octanol–water partition coefficient (Wildman–Crippen LogP) is 1.75. The number of amides is 2. The van der Waals surface area contributed by atoms with Gasteiger partial charge in [-0.05, 0) is 37.5 Å². The number of hydrogen-bond donors (Lipinski definition) is 1. The number of carbonyl (C=O) groups is 3. The fourth-order valence-electron chi connectivity index (χ4n) is 4.17. The van der Waals surface area contributed by atoms with Crippen LogP contribution in [0.25, 0.3) is 0 Å². The molecule has 8 nitrogen and oxygen atoms in total. The van der Waals surface area contributed by atoms with E-state index in [0.29, 0.717) is 18.0 Å². The molecule has 0 radical (unpaired) electrons. The van der Waals surface area contributed by atoms with E-state index in [0.717, 1.165) is 31.2 Å². The lowest BCUT2D eigenvalue weighted by molar-refractivity contribution is -0.158. The summed E-state index contributed by atoms with van der Waals surface area (Å²) in [6.45, 7) is 2.42. The van der Waals surface area contributed by atoms with Crippen LogP contribution in [0.4, 0.5) is 0 Å². The van der Waals surface area contributed by atoms with Crippen LogP contribution in [0, 0.1) is 5.92 Å². The summed E-state index contributed by atoms with van der Waals surface area (Å²) < 4.78 is 15.9. The van der Waals surface area contributed by atoms with Crippen LogP contribution < -0.4 is 14.8 Å². The molecule has 0 bridgehead atoms. The summed E-state index contributed by atoms with van der Waals surface area (Å²) in [5, 5.41) is 2.76. The lowest BCUT2D eigenvalue weighted by atomic mass is 10.1. The maximum atomic E-state index is 12.5. The van der Waals surface area contributed by atoms with Crippen molar-refractivity contribution in [3.63, 3.8) is 0 Å². The molecule has 1 saturated carbocycles. The number of hydrogen-bond acceptors (Lipinski definition) is 6. The monoisotopic (exact) mass is 402 g/mol. The van der Waals surface area contributed by atoms with Gasteiger partial charge in [-0.1, -0.05) is 18.9 Å². The van der Waals surface area contributed by atoms with E-state index in [9.17, 15) is 14.4 Å². The molecule has 1 aromatic carbocycles. The zero-order valence-electron chi connectivity index (χ0n) is 16.5. The van der Waals surface area contributed by atoms with E-state index < -0.39 is 18.0 Å². The van der Waals surface area contributed by atoms with Crippen molar-refractivity contribution in [1.29, 1.82) is 0 Å². The van der Waals surface area contributed by atoms with Crippen molar-refractivity contribution >= 4 is 17.8 Å². The average Bonchev–Trinajstić information content (AvgIpc) is 3.45. The van der Waals surface area contributed by atoms with Gasteiger partial charge < -0.3 is 24.4 Å². The standard InChI is InChI=1S/C21H26N2O6/c1-13(20(25)22-10-14-6-7-17-18(8-14)28-12-27-17)29-21(26)15-9-19(24)23(11-15)16-4-2-3-5-16/h6-8,13,15-16H,2-5,9-12H2,1H3,(H,22,25)/t13-,15+/m1/s1. The molecule has 1 N–H and O–H groups in total. The highest BCUT2D eigenvalue weighted by Gasteiger charge is 2.40. The SMILES string of the molecule is C[C@@H](OC(=O)[C@H]1CC(=O)N(C2CCCC2)C1)C(=O)NCc1ccc2c(c1)OCO2. The maximum Gasteiger partial charge on any atom is 0.312 e. The van der Waals surface area contributed by atoms with Gasteiger partial charge >= 0.3 is 5.97 Å². The number of nitrogens with one attached hydrogen (secondary N) is 1. The number of likely N-dealkylation sites (tertiary alicyclic amines) is 1. The summed E-state index contributed by atoms with van der Waals surface area (Å²) in [6, 6.07) is 5.69. The van der Waals surface area contributed by atoms with Gasteiger partial charge in [0.15, 0.2) is 17.6 Å². The van der Waals surface area contributed by atoms with Gasteiger partial charge in [-0.3, -0.25) is 14.4 Å². The van der Waals surface area contributed by atoms with Crippen LogP contribution in [0.1, 0.15) is 44.6 Å². The van der Waals surface area contributed by atoms with Crippen molar-refractivity contribution in [3.8, 4) is 11.5 Å². The summed E-state index contributed by atoms with van der Waals surface area (Å²) in [7, 11) is 0. The first-order chi connectivity index (χ1) is 14.0. The minimum Gasteiger partial charge on any atom is -0.454 e. The largest absolute Gasteiger partial charge is 0.454 e. The summed E-state index contributed by atoms with van der Waals surface area (Å²) in [5.41, 5.74) is 0.856. The van der Waals surface area contributed by atoms with E-state index in [1.165, 1.54) is 0 Å². The van der Waals surface area contributed by atoms with E-state index in [2.05, 4.69) is 5.32 Å². The Balaban J connectivity index is 1.25. The lowest BCUT2D eigenvalue weighted by Crippen LogP contribution is -2.38. The van der Waals surface area contributed by atoms with Crippen molar-refractivity contribution in [2.45, 2.75) is 57.7 Å². The first-order valence-electron chi connectivity index (χ1n) is 10.2. The molecule has 1 saturated heterocycles. The Morgan fingerprint density at radius 3 is 2.79 bits per heavy atom. The normalized spacial score (nSPS) is 22.0. The summed E-state index contributed by atoms with van der Waals surface area (Å²) >= 11 is 0. The molecule has 0 spiro atoms. The van der Waals surface area contributed by atoms with E-state index in [-0.39, 0.29) is 37.6 Å². The molecule has 0 aromatic heterocycles. The highest BCUT2D eigenvalue weighted by atomic mass is 16.7. The number of carbonyl (C=O) groups excluding carboxylic acids is 3. The van der Waals surface area contributed by atoms with Crippen molar-refractivity contribution in [2.75, 3.05) is 13.3 Å². The van der Waals surface area contributed by atoms with Crippen molar-refractivity contribution in [2.24, 2.45) is 5.92 Å². The molecular weight excluding hydrogens is 376 g/mol. The zero-order valence-corrected chi connectivity index (χ0v) is 16.5. The Kier molecular flexibility index (Phi) is 5.60. The topological polar surface area (TPSA) is 94.2 Å². The van der Waals surface area contributed by atoms with Gasteiger partial charge in [-0.2, -0.15) is 0 Å². The van der Waals surface area contributed by atoms with Crippen molar-refractivity contribution < 1.29 is 28.6 Å². The van der Waals surface area contributed by atoms with Crippen LogP contribution in [-0.2, 0) is 25.7 Å². The molecule has 2 amide bonds. The Morgan fingerprint density at radius 1 is 1.24 bits per heavy atom. The Morgan fingerprint density at radius 2 is 2.00 bits per heavy atom. The molecular formula is C21H26N2O6. The van der Waals surface area contributed by atoms with Crippen LogP contribution in [0.15, 0.2) is 18.2 Å². The summed E-state index contributed by atoms with van der Waals surface area (Å²) in [4.78, 5) is 38.9. The maximum absolute atomic E-state index is 12.5. The molecule has 8 heteroatoms. The average molecular weight is 402 g/mol. The van der Waals surface area contributed by atoms with Gasteiger partial charge in [0.25, 0.3) is 5.91 Å². The van der Waals surface area contributed by atoms with E-state index in [4.69, 9.17) is 14.2 Å². The van der Waals surface area contributed by atoms with Gasteiger partial charge in [0.2, 0.25) is 12.7 Å². The second-order valence-electron chi connectivity index (χ2n) is 7.87. The van der Waals surface area contributed by atoms with Crippen LogP contribution in [0.5, 0.6) is 11.5 Å². The zero-order chi connectivity index (χ0) is 20.4. The Labute approximate surface area is 169 Å². The highest BCUT2D eigenvalue weighted by molar-refractivity contribution is 5.89. The van der Waals surface area contributed by atoms with Crippen LogP contribution >= 0.6 is 0 Å². The third-order valence-corrected chi connectivity index (χ3v) is 5.82. The van der Waals surface area contributed by atoms with Crippen molar-refractivity contribution in [1.82, 2.24) is 10.2 Å². The quantitative estimate of drug-likeness (QED) is 0.729. The first-order valence-corrected chi connectivity index (χ1v) is 10.2. The second-order valence-corrected chi connectivity index (χ2v) is 7.87. The molecule has 2 aliphatic heterocycles. The molecule has 2 fully saturated rings. The van der Waals surface area contributed by atoms with Gasteiger partial charge in [0.05, 0.1) is 5.92 Å². The number of nitrogens with zero attached hydrogens (tertiary/aromatic N) is 1. The van der Waals surface area contributed by atoms with E-state index in [1.54, 1.807) is 19.1 Å². The fourth-order valence-corrected chi connectivity index (χ4v) is 4.17. The van der Waals surface area contributed by atoms with Gasteiger partial charge in [-0.15, -0.1) is 0 Å². The Hall–Kier alpha value is -2.77. The number of fused-ring (bicyclic) bond motifs is 1. The Bertz CT molecular complexity index is 804. The van der Waals surface area contributed by atoms with Crippen LogP contribution in [-0.4, -0.2) is 48.2 Å². The van der Waals surface area contributed by atoms with E-state index in [1.807, 2.05) is 11.0 Å². The first kappa shape index (κ1) is 19.5.